The largest absolute Gasteiger partial charge is 0.465 e. The van der Waals surface area contributed by atoms with Gasteiger partial charge in [-0.15, -0.1) is 6.58 Å². The van der Waals surface area contributed by atoms with Gasteiger partial charge >= 0.3 is 5.97 Å². The highest BCUT2D eigenvalue weighted by molar-refractivity contribution is 5.73. The van der Waals surface area contributed by atoms with Gasteiger partial charge in [0.1, 0.15) is 0 Å². The van der Waals surface area contributed by atoms with E-state index < -0.39 is 12.0 Å². The zero-order chi connectivity index (χ0) is 12.4. The standard InChI is InChI=1S/C13H24O3/c1-4-6-7-8-10-16-13(15)12(9-5-2)11(3)14/h5,11-12,14H,2,4,6-10H2,1,3H3/t11-,12+/m0/s1. The lowest BCUT2D eigenvalue weighted by atomic mass is 10.0. The van der Waals surface area contributed by atoms with Crippen LogP contribution in [0.1, 0.15) is 46.0 Å². The van der Waals surface area contributed by atoms with Gasteiger partial charge in [0.2, 0.25) is 0 Å². The monoisotopic (exact) mass is 228 g/mol. The van der Waals surface area contributed by atoms with Crippen molar-refractivity contribution in [1.29, 1.82) is 0 Å². The maximum absolute atomic E-state index is 11.6. The molecule has 0 bridgehead atoms. The van der Waals surface area contributed by atoms with Gasteiger partial charge in [-0.25, -0.2) is 0 Å². The van der Waals surface area contributed by atoms with E-state index in [1.165, 1.54) is 12.8 Å². The Morgan fingerprint density at radius 1 is 1.44 bits per heavy atom. The van der Waals surface area contributed by atoms with Gasteiger partial charge in [-0.2, -0.15) is 0 Å². The van der Waals surface area contributed by atoms with Crippen LogP contribution in [0.15, 0.2) is 12.7 Å². The van der Waals surface area contributed by atoms with Crippen molar-refractivity contribution in [2.24, 2.45) is 5.92 Å². The average Bonchev–Trinajstić information content (AvgIpc) is 2.24. The minimum absolute atomic E-state index is 0.314. The first-order valence-corrected chi connectivity index (χ1v) is 6.09. The molecule has 3 nitrogen and oxygen atoms in total. The van der Waals surface area contributed by atoms with Crippen LogP contribution in [0.2, 0.25) is 0 Å². The van der Waals surface area contributed by atoms with Crippen molar-refractivity contribution in [2.45, 2.75) is 52.1 Å². The molecule has 0 aliphatic heterocycles. The SMILES string of the molecule is C=CC[C@@H](C(=O)OCCCCCC)[C@H](C)O. The van der Waals surface area contributed by atoms with Gasteiger partial charge in [0.25, 0.3) is 0 Å². The number of aliphatic hydroxyl groups excluding tert-OH is 1. The summed E-state index contributed by atoms with van der Waals surface area (Å²) >= 11 is 0. The Morgan fingerprint density at radius 2 is 2.12 bits per heavy atom. The maximum Gasteiger partial charge on any atom is 0.311 e. The number of esters is 1. The molecule has 3 heteroatoms. The number of ether oxygens (including phenoxy) is 1. The fourth-order valence-corrected chi connectivity index (χ4v) is 1.48. The Hall–Kier alpha value is -0.830. The lowest BCUT2D eigenvalue weighted by Crippen LogP contribution is -2.27. The van der Waals surface area contributed by atoms with Crippen molar-refractivity contribution < 1.29 is 14.6 Å². The maximum atomic E-state index is 11.6. The highest BCUT2D eigenvalue weighted by atomic mass is 16.5. The molecule has 0 aromatic rings. The molecule has 94 valence electrons. The number of allylic oxidation sites excluding steroid dienone is 1. The van der Waals surface area contributed by atoms with Crippen LogP contribution >= 0.6 is 0 Å². The third kappa shape index (κ3) is 6.62. The molecule has 0 fully saturated rings. The van der Waals surface area contributed by atoms with Crippen molar-refractivity contribution >= 4 is 5.97 Å². The predicted octanol–water partition coefficient (Wildman–Crippen LogP) is 2.68. The van der Waals surface area contributed by atoms with Crippen LogP contribution in [0.4, 0.5) is 0 Å². The van der Waals surface area contributed by atoms with E-state index in [1.807, 2.05) is 0 Å². The van der Waals surface area contributed by atoms with Gasteiger partial charge in [0, 0.05) is 0 Å². The Labute approximate surface area is 98.5 Å². The third-order valence-electron chi connectivity index (χ3n) is 2.55. The van der Waals surface area contributed by atoms with Crippen LogP contribution in [0.5, 0.6) is 0 Å². The number of unbranched alkanes of at least 4 members (excludes halogenated alkanes) is 3. The van der Waals surface area contributed by atoms with Gasteiger partial charge in [-0.1, -0.05) is 32.3 Å². The second kappa shape index (κ2) is 9.40. The quantitative estimate of drug-likeness (QED) is 0.375. The molecule has 0 aromatic carbocycles. The summed E-state index contributed by atoms with van der Waals surface area (Å²) in [6, 6.07) is 0. The van der Waals surface area contributed by atoms with Crippen LogP contribution < -0.4 is 0 Å². The minimum atomic E-state index is -0.679. The topological polar surface area (TPSA) is 46.5 Å². The van der Waals surface area contributed by atoms with E-state index in [0.29, 0.717) is 13.0 Å². The summed E-state index contributed by atoms with van der Waals surface area (Å²) in [7, 11) is 0. The number of carbonyl (C=O) groups excluding carboxylic acids is 1. The van der Waals surface area contributed by atoms with Gasteiger partial charge in [0.05, 0.1) is 18.6 Å². The van der Waals surface area contributed by atoms with Crippen molar-refractivity contribution in [3.63, 3.8) is 0 Å². The van der Waals surface area contributed by atoms with Gasteiger partial charge in [-0.05, 0) is 19.8 Å². The molecule has 0 spiro atoms. The van der Waals surface area contributed by atoms with Crippen LogP contribution in [0.3, 0.4) is 0 Å². The van der Waals surface area contributed by atoms with Crippen LogP contribution in [0, 0.1) is 5.92 Å². The van der Waals surface area contributed by atoms with E-state index >= 15 is 0 Å². The van der Waals surface area contributed by atoms with Crippen LogP contribution in [-0.4, -0.2) is 23.8 Å². The highest BCUT2D eigenvalue weighted by Crippen LogP contribution is 2.12. The Balaban J connectivity index is 3.78. The van der Waals surface area contributed by atoms with Crippen LogP contribution in [0.25, 0.3) is 0 Å². The van der Waals surface area contributed by atoms with Crippen molar-refractivity contribution in [2.75, 3.05) is 6.61 Å². The Kier molecular flexibility index (Phi) is 8.91. The second-order valence-electron chi connectivity index (χ2n) is 4.10. The second-order valence-corrected chi connectivity index (χ2v) is 4.10. The number of rotatable bonds is 9. The smallest absolute Gasteiger partial charge is 0.311 e. The molecular formula is C13H24O3. The van der Waals surface area contributed by atoms with E-state index in [0.717, 1.165) is 12.8 Å². The number of aliphatic hydroxyl groups is 1. The van der Waals surface area contributed by atoms with Gasteiger partial charge < -0.3 is 9.84 Å². The summed E-state index contributed by atoms with van der Waals surface area (Å²) < 4.78 is 5.12. The zero-order valence-electron chi connectivity index (χ0n) is 10.4. The highest BCUT2D eigenvalue weighted by Gasteiger charge is 2.23. The fourth-order valence-electron chi connectivity index (χ4n) is 1.48. The molecule has 16 heavy (non-hydrogen) atoms. The van der Waals surface area contributed by atoms with Gasteiger partial charge in [-0.3, -0.25) is 4.79 Å². The summed E-state index contributed by atoms with van der Waals surface area (Å²) in [5.74, 6) is -0.782. The first-order chi connectivity index (χ1) is 7.63. The molecule has 0 aromatic heterocycles. The Bertz CT molecular complexity index is 199. The number of hydrogen-bond acceptors (Lipinski definition) is 3. The van der Waals surface area contributed by atoms with E-state index in [9.17, 15) is 9.90 Å². The molecule has 0 amide bonds. The summed E-state index contributed by atoms with van der Waals surface area (Å²) in [5, 5.41) is 9.41. The van der Waals surface area contributed by atoms with Crippen molar-refractivity contribution in [3.8, 4) is 0 Å². The molecular weight excluding hydrogens is 204 g/mol. The summed E-state index contributed by atoms with van der Waals surface area (Å²) in [6.45, 7) is 7.77. The summed E-state index contributed by atoms with van der Waals surface area (Å²) in [4.78, 5) is 11.6. The lowest BCUT2D eigenvalue weighted by molar-refractivity contribution is -0.152. The molecule has 0 radical (unpaired) electrons. The van der Waals surface area contributed by atoms with Crippen molar-refractivity contribution in [1.82, 2.24) is 0 Å². The molecule has 0 aliphatic rings. The molecule has 0 aliphatic carbocycles. The molecule has 0 rings (SSSR count). The molecule has 2 atom stereocenters. The normalized spacial score (nSPS) is 14.2. The predicted molar refractivity (Wildman–Crippen MR) is 65.1 cm³/mol. The van der Waals surface area contributed by atoms with Crippen LogP contribution in [-0.2, 0) is 9.53 Å². The average molecular weight is 228 g/mol. The van der Waals surface area contributed by atoms with E-state index in [1.54, 1.807) is 13.0 Å². The van der Waals surface area contributed by atoms with Crippen molar-refractivity contribution in [3.05, 3.63) is 12.7 Å². The number of hydrogen-bond donors (Lipinski definition) is 1. The fraction of sp³-hybridized carbons (Fsp3) is 0.769. The minimum Gasteiger partial charge on any atom is -0.465 e. The first-order valence-electron chi connectivity index (χ1n) is 6.09. The summed E-state index contributed by atoms with van der Waals surface area (Å²) in [6.07, 6.45) is 5.75. The molecule has 0 unspecified atom stereocenters. The number of carbonyl (C=O) groups is 1. The third-order valence-corrected chi connectivity index (χ3v) is 2.55. The lowest BCUT2D eigenvalue weighted by Gasteiger charge is -2.16. The molecule has 0 saturated heterocycles. The molecule has 0 heterocycles. The van der Waals surface area contributed by atoms with Gasteiger partial charge in [0.15, 0.2) is 0 Å². The molecule has 1 N–H and O–H groups in total. The summed E-state index contributed by atoms with van der Waals surface area (Å²) in [5.41, 5.74) is 0. The zero-order valence-corrected chi connectivity index (χ0v) is 10.4. The Morgan fingerprint density at radius 3 is 2.62 bits per heavy atom. The molecule has 0 saturated carbocycles. The van der Waals surface area contributed by atoms with E-state index in [4.69, 9.17) is 4.74 Å². The van der Waals surface area contributed by atoms with E-state index in [-0.39, 0.29) is 5.97 Å². The van der Waals surface area contributed by atoms with E-state index in [2.05, 4.69) is 13.5 Å². The first kappa shape index (κ1) is 15.2.